The molecule has 106 valence electrons. The van der Waals surface area contributed by atoms with E-state index in [0.29, 0.717) is 16.5 Å². The summed E-state index contributed by atoms with van der Waals surface area (Å²) in [5.41, 5.74) is 2.73. The molecule has 2 aromatic rings. The van der Waals surface area contributed by atoms with Gasteiger partial charge in [-0.3, -0.25) is 0 Å². The van der Waals surface area contributed by atoms with Gasteiger partial charge in [-0.2, -0.15) is 0 Å². The quantitative estimate of drug-likeness (QED) is 0.908. The van der Waals surface area contributed by atoms with Gasteiger partial charge in [-0.15, -0.1) is 0 Å². The summed E-state index contributed by atoms with van der Waals surface area (Å²) in [6.45, 7) is 0. The lowest BCUT2D eigenvalue weighted by molar-refractivity contribution is 0.178. The van der Waals surface area contributed by atoms with E-state index in [0.717, 1.165) is 16.8 Å². The van der Waals surface area contributed by atoms with E-state index in [-0.39, 0.29) is 0 Å². The van der Waals surface area contributed by atoms with Crippen LogP contribution in [0.2, 0.25) is 10.0 Å². The van der Waals surface area contributed by atoms with Gasteiger partial charge < -0.3 is 10.0 Å². The third kappa shape index (κ3) is 3.45. The van der Waals surface area contributed by atoms with E-state index in [1.807, 2.05) is 43.3 Å². The van der Waals surface area contributed by atoms with Gasteiger partial charge in [-0.05, 0) is 35.4 Å². The largest absolute Gasteiger partial charge is 0.388 e. The third-order valence-electron chi connectivity index (χ3n) is 3.25. The van der Waals surface area contributed by atoms with Gasteiger partial charge in [0, 0.05) is 36.2 Å². The summed E-state index contributed by atoms with van der Waals surface area (Å²) in [7, 11) is 3.96. The smallest absolute Gasteiger partial charge is 0.0831 e. The highest BCUT2D eigenvalue weighted by atomic mass is 35.5. The summed E-state index contributed by atoms with van der Waals surface area (Å²) >= 11 is 12.3. The second-order valence-corrected chi connectivity index (χ2v) is 5.72. The van der Waals surface area contributed by atoms with Crippen molar-refractivity contribution in [1.29, 1.82) is 0 Å². The fourth-order valence-electron chi connectivity index (χ4n) is 2.03. The Hall–Kier alpha value is -1.22. The molecule has 0 saturated carbocycles. The van der Waals surface area contributed by atoms with Gasteiger partial charge >= 0.3 is 0 Å². The van der Waals surface area contributed by atoms with E-state index in [4.69, 9.17) is 23.2 Å². The Balaban J connectivity index is 2.17. The zero-order valence-corrected chi connectivity index (χ0v) is 13.0. The molecule has 0 aromatic heterocycles. The van der Waals surface area contributed by atoms with Crippen molar-refractivity contribution < 1.29 is 5.11 Å². The van der Waals surface area contributed by atoms with Crippen LogP contribution in [0.3, 0.4) is 0 Å². The van der Waals surface area contributed by atoms with Gasteiger partial charge in [0.15, 0.2) is 0 Å². The van der Waals surface area contributed by atoms with Crippen molar-refractivity contribution >= 4 is 28.9 Å². The number of rotatable bonds is 4. The highest BCUT2D eigenvalue weighted by Gasteiger charge is 2.13. The van der Waals surface area contributed by atoms with Crippen molar-refractivity contribution in [1.82, 2.24) is 0 Å². The molecule has 20 heavy (non-hydrogen) atoms. The molecular formula is C16H17Cl2NO. The predicted octanol–water partition coefficient (Wildman–Crippen LogP) is 4.34. The van der Waals surface area contributed by atoms with Gasteiger partial charge in [0.1, 0.15) is 0 Å². The molecule has 1 atom stereocenters. The maximum absolute atomic E-state index is 10.3. The van der Waals surface area contributed by atoms with Gasteiger partial charge in [0.2, 0.25) is 0 Å². The van der Waals surface area contributed by atoms with Crippen LogP contribution in [0.5, 0.6) is 0 Å². The number of hydrogen-bond acceptors (Lipinski definition) is 2. The Labute approximate surface area is 129 Å². The van der Waals surface area contributed by atoms with Gasteiger partial charge in [-0.25, -0.2) is 0 Å². The first-order chi connectivity index (χ1) is 9.49. The molecule has 0 radical (unpaired) electrons. The summed E-state index contributed by atoms with van der Waals surface area (Å²) in [4.78, 5) is 2.01. The zero-order valence-electron chi connectivity index (χ0n) is 11.5. The van der Waals surface area contributed by atoms with Crippen LogP contribution in [-0.2, 0) is 6.42 Å². The minimum Gasteiger partial charge on any atom is -0.388 e. The Morgan fingerprint density at radius 2 is 1.55 bits per heavy atom. The molecule has 0 bridgehead atoms. The molecule has 0 amide bonds. The van der Waals surface area contributed by atoms with Crippen LogP contribution >= 0.6 is 23.2 Å². The predicted molar refractivity (Wildman–Crippen MR) is 85.9 cm³/mol. The minimum atomic E-state index is -0.622. The highest BCUT2D eigenvalue weighted by molar-refractivity contribution is 6.36. The molecule has 1 unspecified atom stereocenters. The molecule has 0 aliphatic heterocycles. The van der Waals surface area contributed by atoms with Gasteiger partial charge in [-0.1, -0.05) is 41.4 Å². The van der Waals surface area contributed by atoms with Gasteiger partial charge in [0.25, 0.3) is 0 Å². The summed E-state index contributed by atoms with van der Waals surface area (Å²) in [5.74, 6) is 0. The molecular weight excluding hydrogens is 293 g/mol. The molecule has 0 spiro atoms. The first kappa shape index (κ1) is 15.2. The van der Waals surface area contributed by atoms with Crippen molar-refractivity contribution in [2.75, 3.05) is 19.0 Å². The molecule has 4 heteroatoms. The molecule has 2 rings (SSSR count). The van der Waals surface area contributed by atoms with Crippen LogP contribution < -0.4 is 4.90 Å². The molecule has 0 saturated heterocycles. The maximum Gasteiger partial charge on any atom is 0.0831 e. The fourth-order valence-corrected chi connectivity index (χ4v) is 2.58. The number of anilines is 1. The average molecular weight is 310 g/mol. The first-order valence-electron chi connectivity index (χ1n) is 6.37. The Morgan fingerprint density at radius 3 is 2.05 bits per heavy atom. The Morgan fingerprint density at radius 1 is 1.00 bits per heavy atom. The van der Waals surface area contributed by atoms with Crippen molar-refractivity contribution in [3.8, 4) is 0 Å². The van der Waals surface area contributed by atoms with E-state index >= 15 is 0 Å². The summed E-state index contributed by atoms with van der Waals surface area (Å²) < 4.78 is 0. The normalized spacial score (nSPS) is 12.2. The average Bonchev–Trinajstić information content (AvgIpc) is 2.43. The van der Waals surface area contributed by atoms with Crippen molar-refractivity contribution in [3.63, 3.8) is 0 Å². The monoisotopic (exact) mass is 309 g/mol. The van der Waals surface area contributed by atoms with Crippen molar-refractivity contribution in [2.24, 2.45) is 0 Å². The summed E-state index contributed by atoms with van der Waals surface area (Å²) in [6, 6.07) is 13.2. The van der Waals surface area contributed by atoms with E-state index in [2.05, 4.69) is 0 Å². The zero-order chi connectivity index (χ0) is 14.7. The number of benzene rings is 2. The van der Waals surface area contributed by atoms with E-state index in [9.17, 15) is 5.11 Å². The molecule has 0 aliphatic rings. The van der Waals surface area contributed by atoms with Crippen molar-refractivity contribution in [2.45, 2.75) is 12.5 Å². The van der Waals surface area contributed by atoms with Crippen LogP contribution in [0.15, 0.2) is 42.5 Å². The Kier molecular flexibility index (Phi) is 4.92. The number of aliphatic hydroxyl groups is 1. The first-order valence-corrected chi connectivity index (χ1v) is 7.13. The standard InChI is InChI=1S/C16H17Cl2NO/c1-19(2)12-8-6-11(7-9-12)16(20)10-13-14(17)4-3-5-15(13)18/h3-9,16,20H,10H2,1-2H3. The SMILES string of the molecule is CN(C)c1ccc(C(O)Cc2c(Cl)cccc2Cl)cc1. The lowest BCUT2D eigenvalue weighted by Gasteiger charge is -2.16. The van der Waals surface area contributed by atoms with Gasteiger partial charge in [0.05, 0.1) is 6.10 Å². The third-order valence-corrected chi connectivity index (χ3v) is 3.96. The summed E-state index contributed by atoms with van der Waals surface area (Å²) in [5, 5.41) is 11.5. The topological polar surface area (TPSA) is 23.5 Å². The molecule has 2 nitrogen and oxygen atoms in total. The molecule has 0 aliphatic carbocycles. The van der Waals surface area contributed by atoms with Crippen molar-refractivity contribution in [3.05, 3.63) is 63.6 Å². The highest BCUT2D eigenvalue weighted by Crippen LogP contribution is 2.29. The van der Waals surface area contributed by atoms with E-state index in [1.54, 1.807) is 18.2 Å². The maximum atomic E-state index is 10.3. The minimum absolute atomic E-state index is 0.403. The van der Waals surface area contributed by atoms with Crippen LogP contribution in [0.4, 0.5) is 5.69 Å². The fraction of sp³-hybridized carbons (Fsp3) is 0.250. The molecule has 2 aromatic carbocycles. The number of halogens is 2. The molecule has 1 N–H and O–H groups in total. The molecule has 0 heterocycles. The summed E-state index contributed by atoms with van der Waals surface area (Å²) in [6.07, 6.45) is -0.219. The lowest BCUT2D eigenvalue weighted by atomic mass is 10.0. The molecule has 0 fully saturated rings. The number of aliphatic hydroxyl groups excluding tert-OH is 1. The second-order valence-electron chi connectivity index (χ2n) is 4.91. The van der Waals surface area contributed by atoms with E-state index < -0.39 is 6.10 Å². The Bertz CT molecular complexity index is 561. The second kappa shape index (κ2) is 6.49. The van der Waals surface area contributed by atoms with Crippen LogP contribution in [0, 0.1) is 0 Å². The number of nitrogens with zero attached hydrogens (tertiary/aromatic N) is 1. The van der Waals surface area contributed by atoms with E-state index in [1.165, 1.54) is 0 Å². The lowest BCUT2D eigenvalue weighted by Crippen LogP contribution is -2.09. The van der Waals surface area contributed by atoms with Crippen LogP contribution in [-0.4, -0.2) is 19.2 Å². The number of hydrogen-bond donors (Lipinski definition) is 1. The van der Waals surface area contributed by atoms with Crippen LogP contribution in [0.1, 0.15) is 17.2 Å². The van der Waals surface area contributed by atoms with Crippen LogP contribution in [0.25, 0.3) is 0 Å².